The quantitative estimate of drug-likeness (QED) is 0.729. The SMILES string of the molecule is C1=C\C=N\C=N\C=C/Cc2ccccc2O/C=C\CO/C=C/1. The molecular weight excluding hydrogens is 276 g/mol. The summed E-state index contributed by atoms with van der Waals surface area (Å²) in [6, 6.07) is 7.89. The molecule has 1 aromatic carbocycles. The first-order valence-corrected chi connectivity index (χ1v) is 6.99. The van der Waals surface area contributed by atoms with E-state index in [1.54, 1.807) is 37.1 Å². The van der Waals surface area contributed by atoms with Crippen LogP contribution in [0.2, 0.25) is 0 Å². The monoisotopic (exact) mass is 294 g/mol. The zero-order valence-corrected chi connectivity index (χ0v) is 12.2. The van der Waals surface area contributed by atoms with Gasteiger partial charge in [-0.05, 0) is 36.3 Å². The van der Waals surface area contributed by atoms with Crippen LogP contribution in [-0.4, -0.2) is 19.2 Å². The number of ether oxygens (including phenoxy) is 2. The molecule has 0 spiro atoms. The molecule has 4 nitrogen and oxygen atoms in total. The topological polar surface area (TPSA) is 43.2 Å². The highest BCUT2D eigenvalue weighted by Crippen LogP contribution is 2.19. The van der Waals surface area contributed by atoms with Crippen molar-refractivity contribution in [2.75, 3.05) is 6.61 Å². The molecule has 0 saturated heterocycles. The van der Waals surface area contributed by atoms with Crippen molar-refractivity contribution in [3.8, 4) is 5.75 Å². The second-order valence-corrected chi connectivity index (χ2v) is 4.30. The van der Waals surface area contributed by atoms with Gasteiger partial charge in [0.2, 0.25) is 0 Å². The number of nitrogens with zero attached hydrogens (tertiary/aromatic N) is 2. The first-order valence-electron chi connectivity index (χ1n) is 6.99. The summed E-state index contributed by atoms with van der Waals surface area (Å²) in [7, 11) is 0. The van der Waals surface area contributed by atoms with E-state index < -0.39 is 0 Å². The van der Waals surface area contributed by atoms with Gasteiger partial charge in [-0.25, -0.2) is 9.98 Å². The lowest BCUT2D eigenvalue weighted by molar-refractivity contribution is 0.287. The van der Waals surface area contributed by atoms with E-state index in [0.717, 1.165) is 17.7 Å². The molecule has 0 radical (unpaired) electrons. The highest BCUT2D eigenvalue weighted by molar-refractivity contribution is 5.80. The van der Waals surface area contributed by atoms with E-state index in [-0.39, 0.29) is 0 Å². The maximum Gasteiger partial charge on any atom is 0.130 e. The summed E-state index contributed by atoms with van der Waals surface area (Å²) in [6.07, 6.45) is 18.1. The Hall–Kier alpha value is -2.88. The lowest BCUT2D eigenvalue weighted by Gasteiger charge is -2.05. The molecule has 2 rings (SSSR count). The maximum absolute atomic E-state index is 5.64. The number of rotatable bonds is 0. The smallest absolute Gasteiger partial charge is 0.130 e. The number of allylic oxidation sites excluding steroid dienone is 4. The summed E-state index contributed by atoms with van der Waals surface area (Å²) in [5, 5.41) is 0. The normalized spacial score (nSPS) is 24.2. The molecule has 0 bridgehead atoms. The van der Waals surface area contributed by atoms with E-state index in [9.17, 15) is 0 Å². The summed E-state index contributed by atoms with van der Waals surface area (Å²) >= 11 is 0. The Morgan fingerprint density at radius 3 is 2.86 bits per heavy atom. The average Bonchev–Trinajstić information content (AvgIpc) is 2.55. The van der Waals surface area contributed by atoms with E-state index in [0.29, 0.717) is 6.61 Å². The van der Waals surface area contributed by atoms with Crippen molar-refractivity contribution in [2.24, 2.45) is 9.98 Å². The van der Waals surface area contributed by atoms with Crippen LogP contribution in [-0.2, 0) is 11.2 Å². The van der Waals surface area contributed by atoms with Crippen molar-refractivity contribution in [1.82, 2.24) is 0 Å². The average molecular weight is 294 g/mol. The summed E-state index contributed by atoms with van der Waals surface area (Å²) in [5.74, 6) is 0.824. The lowest BCUT2D eigenvalue weighted by atomic mass is 10.1. The van der Waals surface area contributed by atoms with Gasteiger partial charge in [-0.3, -0.25) is 0 Å². The first-order chi connectivity index (χ1) is 11.0. The fourth-order valence-electron chi connectivity index (χ4n) is 1.68. The molecule has 0 atom stereocenters. The van der Waals surface area contributed by atoms with Crippen molar-refractivity contribution < 1.29 is 9.47 Å². The van der Waals surface area contributed by atoms with Crippen molar-refractivity contribution in [3.63, 3.8) is 0 Å². The standard InChI is InChI=1S/C18H18N2O2/c1-4-11-19-16-20-12-6-9-17-8-2-3-10-18(17)22-15-7-14-21-13-5-1/h1-8,10-13,15-16H,9,14H2/b4-1-,12-6-,13-5+,15-7-,19-11+,20-16+. The summed E-state index contributed by atoms with van der Waals surface area (Å²) in [6.45, 7) is 0.452. The molecule has 0 aliphatic carbocycles. The van der Waals surface area contributed by atoms with Crippen molar-refractivity contribution in [3.05, 3.63) is 78.9 Å². The van der Waals surface area contributed by atoms with E-state index in [2.05, 4.69) is 9.98 Å². The van der Waals surface area contributed by atoms with Gasteiger partial charge in [-0.2, -0.15) is 0 Å². The zero-order valence-electron chi connectivity index (χ0n) is 12.2. The molecule has 22 heavy (non-hydrogen) atoms. The van der Waals surface area contributed by atoms with Crippen LogP contribution < -0.4 is 4.74 Å². The second-order valence-electron chi connectivity index (χ2n) is 4.30. The van der Waals surface area contributed by atoms with Crippen LogP contribution in [0, 0.1) is 0 Å². The highest BCUT2D eigenvalue weighted by Gasteiger charge is 1.99. The zero-order chi connectivity index (χ0) is 15.3. The van der Waals surface area contributed by atoms with Crippen LogP contribution in [0.4, 0.5) is 0 Å². The van der Waals surface area contributed by atoms with Gasteiger partial charge in [0.1, 0.15) is 18.7 Å². The molecule has 1 heterocycles. The Bertz CT molecular complexity index is 626. The summed E-state index contributed by atoms with van der Waals surface area (Å²) < 4.78 is 10.9. The number of aliphatic imine (C=N–C) groups is 2. The minimum absolute atomic E-state index is 0.452. The minimum Gasteiger partial charge on any atom is -0.497 e. The van der Waals surface area contributed by atoms with Crippen LogP contribution >= 0.6 is 0 Å². The maximum atomic E-state index is 5.64. The summed E-state index contributed by atoms with van der Waals surface area (Å²) in [4.78, 5) is 8.09. The van der Waals surface area contributed by atoms with Gasteiger partial charge in [0.15, 0.2) is 0 Å². The largest absolute Gasteiger partial charge is 0.497 e. The number of hydrogen-bond acceptors (Lipinski definition) is 4. The van der Waals surface area contributed by atoms with Gasteiger partial charge >= 0.3 is 0 Å². The predicted molar refractivity (Wildman–Crippen MR) is 90.3 cm³/mol. The second kappa shape index (κ2) is 9.94. The molecule has 4 heteroatoms. The van der Waals surface area contributed by atoms with E-state index >= 15 is 0 Å². The van der Waals surface area contributed by atoms with E-state index in [1.807, 2.05) is 42.5 Å². The third-order valence-electron chi connectivity index (χ3n) is 2.69. The van der Waals surface area contributed by atoms with Crippen LogP contribution in [0.15, 0.2) is 83.4 Å². The van der Waals surface area contributed by atoms with E-state index in [4.69, 9.17) is 9.47 Å². The fourth-order valence-corrected chi connectivity index (χ4v) is 1.68. The Balaban J connectivity index is 2.09. The van der Waals surface area contributed by atoms with Crippen LogP contribution in [0.1, 0.15) is 5.56 Å². The molecule has 0 fully saturated rings. The number of hydrogen-bond donors (Lipinski definition) is 0. The molecular formula is C18H18N2O2. The minimum atomic E-state index is 0.452. The van der Waals surface area contributed by atoms with Gasteiger partial charge in [-0.1, -0.05) is 30.4 Å². The molecule has 112 valence electrons. The fraction of sp³-hybridized carbons (Fsp3) is 0.111. The molecule has 0 amide bonds. The van der Waals surface area contributed by atoms with Crippen molar-refractivity contribution >= 4 is 12.6 Å². The highest BCUT2D eigenvalue weighted by atomic mass is 16.5. The molecule has 1 aromatic rings. The molecule has 0 N–H and O–H groups in total. The Morgan fingerprint density at radius 1 is 0.909 bits per heavy atom. The first kappa shape index (κ1) is 15.5. The Labute approximate surface area is 130 Å². The van der Waals surface area contributed by atoms with Crippen LogP contribution in [0.25, 0.3) is 0 Å². The van der Waals surface area contributed by atoms with Gasteiger partial charge in [0.05, 0.1) is 12.5 Å². The van der Waals surface area contributed by atoms with E-state index in [1.165, 1.54) is 6.34 Å². The third-order valence-corrected chi connectivity index (χ3v) is 2.69. The third kappa shape index (κ3) is 6.05. The van der Waals surface area contributed by atoms with Gasteiger partial charge in [0, 0.05) is 12.4 Å². The Morgan fingerprint density at radius 2 is 1.86 bits per heavy atom. The number of para-hydroxylation sites is 1. The van der Waals surface area contributed by atoms with Crippen molar-refractivity contribution in [2.45, 2.75) is 6.42 Å². The number of benzene rings is 1. The van der Waals surface area contributed by atoms with Crippen LogP contribution in [0.5, 0.6) is 5.75 Å². The van der Waals surface area contributed by atoms with Gasteiger partial charge in [-0.15, -0.1) is 0 Å². The predicted octanol–water partition coefficient (Wildman–Crippen LogP) is 3.83. The lowest BCUT2D eigenvalue weighted by Crippen LogP contribution is -1.90. The van der Waals surface area contributed by atoms with Crippen molar-refractivity contribution in [1.29, 1.82) is 0 Å². The Kier molecular flexibility index (Phi) is 7.00. The number of fused-ring (bicyclic) bond motifs is 1. The molecule has 1 aliphatic heterocycles. The van der Waals surface area contributed by atoms with Gasteiger partial charge in [0.25, 0.3) is 0 Å². The molecule has 0 saturated carbocycles. The van der Waals surface area contributed by atoms with Gasteiger partial charge < -0.3 is 9.47 Å². The molecule has 1 aliphatic rings. The summed E-state index contributed by atoms with van der Waals surface area (Å²) in [5.41, 5.74) is 1.09. The molecule has 0 unspecified atom stereocenters. The molecule has 0 aromatic heterocycles. The van der Waals surface area contributed by atoms with Crippen LogP contribution in [0.3, 0.4) is 0 Å².